The molecule has 1 rings (SSSR count). The maximum Gasteiger partial charge on any atom is 0.182 e. The van der Waals surface area contributed by atoms with Gasteiger partial charge in [-0.3, -0.25) is 4.79 Å². The Morgan fingerprint density at radius 2 is 2.22 bits per heavy atom. The minimum absolute atomic E-state index is 0.0543. The summed E-state index contributed by atoms with van der Waals surface area (Å²) < 4.78 is 24.3. The monoisotopic (exact) mass is 273 g/mol. The summed E-state index contributed by atoms with van der Waals surface area (Å²) in [6.45, 7) is 2.70. The van der Waals surface area contributed by atoms with Gasteiger partial charge in [-0.15, -0.1) is 0 Å². The standard InChI is InChI=1S/C11H19N3O3S/c1-2-18(16,17)7-3-4-11(15)10-8-14(6-5-12)9-13-10/h8-9H,2-7,12H2,1H3. The molecule has 1 heterocycles. The van der Waals surface area contributed by atoms with Crippen LogP contribution in [0.2, 0.25) is 0 Å². The first-order chi connectivity index (χ1) is 8.48. The Hall–Kier alpha value is -1.21. The van der Waals surface area contributed by atoms with E-state index in [4.69, 9.17) is 5.73 Å². The quantitative estimate of drug-likeness (QED) is 0.684. The molecule has 0 aromatic carbocycles. The molecule has 0 atom stereocenters. The van der Waals surface area contributed by atoms with E-state index in [9.17, 15) is 13.2 Å². The van der Waals surface area contributed by atoms with Crippen molar-refractivity contribution in [2.45, 2.75) is 26.3 Å². The Morgan fingerprint density at radius 1 is 1.50 bits per heavy atom. The molecule has 0 fully saturated rings. The van der Waals surface area contributed by atoms with Crippen molar-refractivity contribution >= 4 is 15.6 Å². The molecule has 1 aromatic heterocycles. The lowest BCUT2D eigenvalue weighted by Gasteiger charge is -2.00. The largest absolute Gasteiger partial charge is 0.335 e. The van der Waals surface area contributed by atoms with Crippen LogP contribution in [0.15, 0.2) is 12.5 Å². The number of Topliss-reactive ketones (excluding diaryl/α,β-unsaturated/α-hetero) is 1. The average Bonchev–Trinajstić information content (AvgIpc) is 2.78. The number of carbonyl (C=O) groups is 1. The van der Waals surface area contributed by atoms with Crippen molar-refractivity contribution in [1.82, 2.24) is 9.55 Å². The van der Waals surface area contributed by atoms with Gasteiger partial charge in [-0.05, 0) is 6.42 Å². The number of hydrogen-bond acceptors (Lipinski definition) is 5. The Morgan fingerprint density at radius 3 is 2.83 bits per heavy atom. The Labute approximate surface area is 107 Å². The smallest absolute Gasteiger partial charge is 0.182 e. The molecule has 0 aliphatic carbocycles. The Balaban J connectivity index is 2.45. The number of hydrogen-bond donors (Lipinski definition) is 1. The predicted molar refractivity (Wildman–Crippen MR) is 69.2 cm³/mol. The van der Waals surface area contributed by atoms with E-state index < -0.39 is 9.84 Å². The van der Waals surface area contributed by atoms with Gasteiger partial charge in [-0.2, -0.15) is 0 Å². The van der Waals surface area contributed by atoms with Crippen LogP contribution in [0.25, 0.3) is 0 Å². The molecule has 0 bridgehead atoms. The number of sulfone groups is 1. The zero-order chi connectivity index (χ0) is 13.6. The zero-order valence-corrected chi connectivity index (χ0v) is 11.3. The molecule has 0 radical (unpaired) electrons. The number of carbonyl (C=O) groups excluding carboxylic acids is 1. The van der Waals surface area contributed by atoms with Gasteiger partial charge in [-0.1, -0.05) is 6.92 Å². The summed E-state index contributed by atoms with van der Waals surface area (Å²) in [5.41, 5.74) is 5.76. The molecule has 0 aliphatic rings. The SMILES string of the molecule is CCS(=O)(=O)CCCC(=O)c1cn(CCN)cn1. The minimum atomic E-state index is -3.00. The van der Waals surface area contributed by atoms with E-state index in [1.165, 1.54) is 0 Å². The van der Waals surface area contributed by atoms with Crippen LogP contribution in [-0.4, -0.2) is 41.8 Å². The summed E-state index contributed by atoms with van der Waals surface area (Å²) in [5.74, 6) is 0.0440. The second-order valence-corrected chi connectivity index (χ2v) is 6.52. The summed E-state index contributed by atoms with van der Waals surface area (Å²) in [6.07, 6.45) is 3.75. The van der Waals surface area contributed by atoms with E-state index in [0.29, 0.717) is 25.2 Å². The van der Waals surface area contributed by atoms with E-state index in [2.05, 4.69) is 4.98 Å². The van der Waals surface area contributed by atoms with E-state index in [0.717, 1.165) is 0 Å². The van der Waals surface area contributed by atoms with Crippen molar-refractivity contribution in [3.05, 3.63) is 18.2 Å². The molecule has 7 heteroatoms. The molecule has 18 heavy (non-hydrogen) atoms. The first kappa shape index (κ1) is 14.8. The van der Waals surface area contributed by atoms with Gasteiger partial charge in [0.25, 0.3) is 0 Å². The number of nitrogens with zero attached hydrogens (tertiary/aromatic N) is 2. The molecule has 0 amide bonds. The van der Waals surface area contributed by atoms with Gasteiger partial charge in [-0.25, -0.2) is 13.4 Å². The normalized spacial score (nSPS) is 11.7. The number of imidazole rings is 1. The number of nitrogens with two attached hydrogens (primary N) is 1. The van der Waals surface area contributed by atoms with Crippen molar-refractivity contribution in [1.29, 1.82) is 0 Å². The molecule has 0 aliphatic heterocycles. The number of aromatic nitrogens is 2. The van der Waals surface area contributed by atoms with Crippen molar-refractivity contribution in [3.63, 3.8) is 0 Å². The van der Waals surface area contributed by atoms with Crippen LogP contribution in [0.1, 0.15) is 30.3 Å². The molecule has 0 saturated carbocycles. The van der Waals surface area contributed by atoms with E-state index >= 15 is 0 Å². The maximum atomic E-state index is 11.7. The van der Waals surface area contributed by atoms with Crippen LogP contribution in [0.4, 0.5) is 0 Å². The molecular formula is C11H19N3O3S. The van der Waals surface area contributed by atoms with Gasteiger partial charge >= 0.3 is 0 Å². The maximum absolute atomic E-state index is 11.7. The van der Waals surface area contributed by atoms with Gasteiger partial charge in [0.2, 0.25) is 0 Å². The van der Waals surface area contributed by atoms with Crippen molar-refractivity contribution in [3.8, 4) is 0 Å². The lowest BCUT2D eigenvalue weighted by atomic mass is 10.2. The van der Waals surface area contributed by atoms with Gasteiger partial charge < -0.3 is 10.3 Å². The third kappa shape index (κ3) is 4.58. The highest BCUT2D eigenvalue weighted by Gasteiger charge is 2.12. The topological polar surface area (TPSA) is 95.0 Å². The first-order valence-corrected chi connectivity index (χ1v) is 7.76. The fourth-order valence-corrected chi connectivity index (χ4v) is 2.37. The van der Waals surface area contributed by atoms with Crippen LogP contribution in [0.5, 0.6) is 0 Å². The molecule has 2 N–H and O–H groups in total. The molecule has 0 spiro atoms. The van der Waals surface area contributed by atoms with Gasteiger partial charge in [0.15, 0.2) is 5.78 Å². The summed E-state index contributed by atoms with van der Waals surface area (Å²) in [5, 5.41) is 0. The summed E-state index contributed by atoms with van der Waals surface area (Å²) in [7, 11) is -3.00. The number of rotatable bonds is 8. The molecular weight excluding hydrogens is 254 g/mol. The van der Waals surface area contributed by atoms with Crippen molar-refractivity contribution in [2.75, 3.05) is 18.1 Å². The fourth-order valence-electron chi connectivity index (χ4n) is 1.50. The van der Waals surface area contributed by atoms with E-state index in [1.807, 2.05) is 0 Å². The highest BCUT2D eigenvalue weighted by Crippen LogP contribution is 2.05. The average molecular weight is 273 g/mol. The molecule has 0 unspecified atom stereocenters. The molecule has 1 aromatic rings. The molecule has 6 nitrogen and oxygen atoms in total. The van der Waals surface area contributed by atoms with Crippen LogP contribution >= 0.6 is 0 Å². The lowest BCUT2D eigenvalue weighted by molar-refractivity contribution is 0.0977. The third-order valence-corrected chi connectivity index (χ3v) is 4.40. The highest BCUT2D eigenvalue weighted by atomic mass is 32.2. The predicted octanol–water partition coefficient (Wildman–Crippen LogP) is 0.239. The number of ketones is 1. The molecule has 0 saturated heterocycles. The first-order valence-electron chi connectivity index (χ1n) is 5.94. The van der Waals surface area contributed by atoms with Crippen LogP contribution < -0.4 is 5.73 Å². The zero-order valence-electron chi connectivity index (χ0n) is 10.5. The van der Waals surface area contributed by atoms with Gasteiger partial charge in [0.1, 0.15) is 15.5 Å². The minimum Gasteiger partial charge on any atom is -0.335 e. The lowest BCUT2D eigenvalue weighted by Crippen LogP contribution is -2.11. The fraction of sp³-hybridized carbons (Fsp3) is 0.636. The second kappa shape index (κ2) is 6.65. The van der Waals surface area contributed by atoms with Crippen LogP contribution in [0.3, 0.4) is 0 Å². The second-order valence-electron chi connectivity index (χ2n) is 4.05. The third-order valence-electron chi connectivity index (χ3n) is 2.61. The van der Waals surface area contributed by atoms with E-state index in [1.54, 1.807) is 24.0 Å². The Bertz CT molecular complexity index is 493. The van der Waals surface area contributed by atoms with Crippen LogP contribution in [0, 0.1) is 0 Å². The summed E-state index contributed by atoms with van der Waals surface area (Å²) >= 11 is 0. The van der Waals surface area contributed by atoms with Crippen molar-refractivity contribution in [2.24, 2.45) is 5.73 Å². The molecule has 102 valence electrons. The Kier molecular flexibility index (Phi) is 5.49. The van der Waals surface area contributed by atoms with Gasteiger partial charge in [0.05, 0.1) is 12.1 Å². The van der Waals surface area contributed by atoms with E-state index in [-0.39, 0.29) is 23.7 Å². The van der Waals surface area contributed by atoms with Crippen LogP contribution in [-0.2, 0) is 16.4 Å². The summed E-state index contributed by atoms with van der Waals surface area (Å²) in [6, 6.07) is 0. The highest BCUT2D eigenvalue weighted by molar-refractivity contribution is 7.91. The van der Waals surface area contributed by atoms with Crippen molar-refractivity contribution < 1.29 is 13.2 Å². The van der Waals surface area contributed by atoms with Gasteiger partial charge in [0, 0.05) is 31.5 Å². The summed E-state index contributed by atoms with van der Waals surface area (Å²) in [4.78, 5) is 15.7.